The van der Waals surface area contributed by atoms with Crippen molar-refractivity contribution in [3.8, 4) is 0 Å². The van der Waals surface area contributed by atoms with E-state index in [9.17, 15) is 19.2 Å². The van der Waals surface area contributed by atoms with Crippen LogP contribution >= 0.6 is 0 Å². The molecule has 160 valence electrons. The molecule has 0 radical (unpaired) electrons. The van der Waals surface area contributed by atoms with Crippen LogP contribution in [0.15, 0.2) is 48.5 Å². The summed E-state index contributed by atoms with van der Waals surface area (Å²) < 4.78 is 0. The Labute approximate surface area is 178 Å². The SMILES string of the molecule is CC(=O)[O-].O=C1c2ccccc2C(=O)N1CC[NH2+]CCN1C(=O)c2ccccc2C1=O. The lowest BCUT2D eigenvalue weighted by molar-refractivity contribution is -0.652. The highest BCUT2D eigenvalue weighted by Crippen LogP contribution is 2.22. The number of carboxylic acids is 1. The molecule has 2 aromatic rings. The second-order valence-corrected chi connectivity index (χ2v) is 6.97. The van der Waals surface area contributed by atoms with E-state index in [2.05, 4.69) is 0 Å². The Morgan fingerprint density at radius 3 is 1.23 bits per heavy atom. The Bertz CT molecular complexity index is 913. The molecule has 0 fully saturated rings. The molecule has 0 unspecified atom stereocenters. The van der Waals surface area contributed by atoms with Crippen molar-refractivity contribution >= 4 is 29.6 Å². The number of fused-ring (bicyclic) bond motifs is 2. The van der Waals surface area contributed by atoms with Crippen LogP contribution in [-0.2, 0) is 4.79 Å². The third kappa shape index (κ3) is 4.51. The zero-order valence-electron chi connectivity index (χ0n) is 16.9. The number of aliphatic carboxylic acids is 1. The summed E-state index contributed by atoms with van der Waals surface area (Å²) in [5.41, 5.74) is 1.75. The molecule has 9 nitrogen and oxygen atoms in total. The summed E-state index contributed by atoms with van der Waals surface area (Å²) in [7, 11) is 0. The molecular formula is C22H21N3O6. The molecule has 2 aromatic carbocycles. The zero-order chi connectivity index (χ0) is 22.5. The highest BCUT2D eigenvalue weighted by atomic mass is 16.4. The fourth-order valence-electron chi connectivity index (χ4n) is 3.47. The Morgan fingerprint density at radius 2 is 0.968 bits per heavy atom. The van der Waals surface area contributed by atoms with E-state index in [-0.39, 0.29) is 36.7 Å². The van der Waals surface area contributed by atoms with Gasteiger partial charge in [0.1, 0.15) is 0 Å². The number of carboxylic acid groups (broad SMARTS) is 1. The smallest absolute Gasteiger partial charge is 0.261 e. The zero-order valence-corrected chi connectivity index (χ0v) is 16.9. The molecule has 31 heavy (non-hydrogen) atoms. The molecule has 2 aliphatic heterocycles. The van der Waals surface area contributed by atoms with Crippen molar-refractivity contribution in [2.45, 2.75) is 6.92 Å². The van der Waals surface area contributed by atoms with Gasteiger partial charge in [0, 0.05) is 5.97 Å². The van der Waals surface area contributed by atoms with E-state index in [1.807, 2.05) is 5.32 Å². The Morgan fingerprint density at radius 1 is 0.710 bits per heavy atom. The van der Waals surface area contributed by atoms with Crippen molar-refractivity contribution in [2.24, 2.45) is 0 Å². The van der Waals surface area contributed by atoms with Crippen LogP contribution in [0.25, 0.3) is 0 Å². The molecule has 0 aliphatic carbocycles. The van der Waals surface area contributed by atoms with Crippen molar-refractivity contribution in [1.29, 1.82) is 0 Å². The second kappa shape index (κ2) is 9.31. The van der Waals surface area contributed by atoms with E-state index < -0.39 is 5.97 Å². The van der Waals surface area contributed by atoms with Gasteiger partial charge in [-0.15, -0.1) is 0 Å². The van der Waals surface area contributed by atoms with E-state index in [1.165, 1.54) is 9.80 Å². The van der Waals surface area contributed by atoms with Crippen LogP contribution < -0.4 is 10.4 Å². The highest BCUT2D eigenvalue weighted by molar-refractivity contribution is 6.22. The van der Waals surface area contributed by atoms with Crippen LogP contribution in [0, 0.1) is 0 Å². The molecule has 0 aromatic heterocycles. The molecule has 2 aliphatic rings. The van der Waals surface area contributed by atoms with Gasteiger partial charge in [0.25, 0.3) is 23.6 Å². The first kappa shape index (κ1) is 21.8. The fourth-order valence-corrected chi connectivity index (χ4v) is 3.47. The van der Waals surface area contributed by atoms with Crippen molar-refractivity contribution in [3.63, 3.8) is 0 Å². The Kier molecular flexibility index (Phi) is 6.56. The maximum absolute atomic E-state index is 12.3. The van der Waals surface area contributed by atoms with Gasteiger partial charge in [0.2, 0.25) is 0 Å². The minimum atomic E-state index is -1.08. The van der Waals surface area contributed by atoms with Crippen molar-refractivity contribution < 1.29 is 34.4 Å². The number of rotatable bonds is 6. The summed E-state index contributed by atoms with van der Waals surface area (Å²) in [6, 6.07) is 13.6. The van der Waals surface area contributed by atoms with Gasteiger partial charge < -0.3 is 15.2 Å². The number of imide groups is 2. The number of nitrogens with two attached hydrogens (primary N) is 1. The number of quaternary nitrogens is 1. The summed E-state index contributed by atoms with van der Waals surface area (Å²) in [5, 5.41) is 10.8. The van der Waals surface area contributed by atoms with Crippen LogP contribution in [0.5, 0.6) is 0 Å². The van der Waals surface area contributed by atoms with Gasteiger partial charge in [-0.3, -0.25) is 29.0 Å². The molecular weight excluding hydrogens is 402 g/mol. The number of hydrogen-bond donors (Lipinski definition) is 1. The third-order valence-electron chi connectivity index (χ3n) is 4.87. The van der Waals surface area contributed by atoms with Gasteiger partial charge in [0.15, 0.2) is 0 Å². The summed E-state index contributed by atoms with van der Waals surface area (Å²) in [6.45, 7) is 2.56. The van der Waals surface area contributed by atoms with Crippen molar-refractivity contribution in [1.82, 2.24) is 9.80 Å². The quantitative estimate of drug-likeness (QED) is 0.463. The fraction of sp³-hybridized carbons (Fsp3) is 0.227. The average Bonchev–Trinajstić information content (AvgIpc) is 3.14. The lowest BCUT2D eigenvalue weighted by atomic mass is 10.1. The number of benzene rings is 2. The number of amides is 4. The minimum absolute atomic E-state index is 0.274. The van der Waals surface area contributed by atoms with E-state index in [1.54, 1.807) is 48.5 Å². The average molecular weight is 423 g/mol. The molecule has 2 N–H and O–H groups in total. The number of carbonyl (C=O) groups is 5. The molecule has 0 saturated heterocycles. The van der Waals surface area contributed by atoms with Crippen molar-refractivity contribution in [3.05, 3.63) is 70.8 Å². The highest BCUT2D eigenvalue weighted by Gasteiger charge is 2.36. The molecule has 2 heterocycles. The molecule has 0 saturated carbocycles. The van der Waals surface area contributed by atoms with Gasteiger partial charge in [-0.2, -0.15) is 0 Å². The summed E-state index contributed by atoms with van der Waals surface area (Å²) in [4.78, 5) is 60.5. The number of hydrogen-bond acceptors (Lipinski definition) is 6. The minimum Gasteiger partial charge on any atom is -0.550 e. The third-order valence-corrected chi connectivity index (χ3v) is 4.87. The monoisotopic (exact) mass is 423 g/mol. The van der Waals surface area contributed by atoms with Gasteiger partial charge in [0.05, 0.1) is 48.4 Å². The van der Waals surface area contributed by atoms with Crippen LogP contribution in [0.1, 0.15) is 48.4 Å². The first-order valence-corrected chi connectivity index (χ1v) is 9.72. The first-order valence-electron chi connectivity index (χ1n) is 9.72. The normalized spacial score (nSPS) is 14.4. The molecule has 4 rings (SSSR count). The summed E-state index contributed by atoms with van der Waals surface area (Å²) in [5.74, 6) is -2.18. The lowest BCUT2D eigenvalue weighted by Gasteiger charge is -2.15. The van der Waals surface area contributed by atoms with Gasteiger partial charge in [-0.1, -0.05) is 24.3 Å². The van der Waals surface area contributed by atoms with Gasteiger partial charge >= 0.3 is 0 Å². The van der Waals surface area contributed by atoms with E-state index in [4.69, 9.17) is 9.90 Å². The lowest BCUT2D eigenvalue weighted by Crippen LogP contribution is -2.87. The van der Waals surface area contributed by atoms with Crippen LogP contribution in [-0.4, -0.2) is 65.6 Å². The van der Waals surface area contributed by atoms with Crippen LogP contribution in [0.3, 0.4) is 0 Å². The number of carbonyl (C=O) groups excluding carboxylic acids is 5. The molecule has 0 bridgehead atoms. The summed E-state index contributed by atoms with van der Waals surface area (Å²) in [6.07, 6.45) is 0. The maximum atomic E-state index is 12.3. The van der Waals surface area contributed by atoms with Crippen molar-refractivity contribution in [2.75, 3.05) is 26.2 Å². The Balaban J connectivity index is 0.000000628. The molecule has 0 atom stereocenters. The largest absolute Gasteiger partial charge is 0.550 e. The standard InChI is InChI=1S/C20H17N3O4.C2H4O2/c24-17-13-5-1-2-6-14(13)18(25)22(17)11-9-21-10-12-23-19(26)15-7-3-4-8-16(15)20(23)27;1-2(3)4/h1-8,21H,9-12H2;1H3,(H,3,4). The van der Waals surface area contributed by atoms with Gasteiger partial charge in [-0.05, 0) is 31.2 Å². The predicted octanol–water partition coefficient (Wildman–Crippen LogP) is -1.10. The van der Waals surface area contributed by atoms with E-state index in [0.29, 0.717) is 35.3 Å². The summed E-state index contributed by atoms with van der Waals surface area (Å²) >= 11 is 0. The molecule has 0 spiro atoms. The van der Waals surface area contributed by atoms with Crippen LogP contribution in [0.2, 0.25) is 0 Å². The second-order valence-electron chi connectivity index (χ2n) is 6.97. The molecule has 4 amide bonds. The Hall–Kier alpha value is -3.85. The first-order chi connectivity index (χ1) is 14.8. The van der Waals surface area contributed by atoms with E-state index >= 15 is 0 Å². The predicted molar refractivity (Wildman–Crippen MR) is 106 cm³/mol. The molecule has 9 heteroatoms. The van der Waals surface area contributed by atoms with Crippen LogP contribution in [0.4, 0.5) is 0 Å². The van der Waals surface area contributed by atoms with E-state index in [0.717, 1.165) is 6.92 Å². The van der Waals surface area contributed by atoms with Gasteiger partial charge in [-0.25, -0.2) is 0 Å². The topological polar surface area (TPSA) is 131 Å². The maximum Gasteiger partial charge on any atom is 0.261 e. The number of nitrogens with zero attached hydrogens (tertiary/aromatic N) is 2.